The minimum Gasteiger partial charge on any atom is -0.464 e. The van der Waals surface area contributed by atoms with E-state index in [1.165, 1.54) is 6.26 Å². The van der Waals surface area contributed by atoms with E-state index >= 15 is 0 Å². The van der Waals surface area contributed by atoms with Gasteiger partial charge in [-0.05, 0) is 48.2 Å². The van der Waals surface area contributed by atoms with Gasteiger partial charge in [-0.15, -0.1) is 0 Å². The number of nitrogens with one attached hydrogen (secondary N) is 2. The number of fused-ring (bicyclic) bond motifs is 2. The Morgan fingerprint density at radius 2 is 1.56 bits per heavy atom. The largest absolute Gasteiger partial charge is 0.464 e. The van der Waals surface area contributed by atoms with Crippen LogP contribution in [0.4, 0.5) is 11.4 Å². The summed E-state index contributed by atoms with van der Waals surface area (Å²) in [6.45, 7) is 0. The molecule has 2 aliphatic rings. The van der Waals surface area contributed by atoms with Crippen LogP contribution in [0.25, 0.3) is 11.0 Å². The number of ketones is 1. The number of Topliss-reactive ketones (excluding diaryl/α,β-unsaturated/α-hetero) is 1. The molecule has 1 aliphatic carbocycles. The number of benzene rings is 3. The Kier molecular flexibility index (Phi) is 5.00. The van der Waals surface area contributed by atoms with Crippen LogP contribution < -0.4 is 16.1 Å². The van der Waals surface area contributed by atoms with E-state index < -0.39 is 6.04 Å². The van der Waals surface area contributed by atoms with E-state index in [0.717, 1.165) is 22.6 Å². The third-order valence-electron chi connectivity index (χ3n) is 6.67. The molecular formula is C28H21ClN2O3. The number of carbonyl (C=O) groups is 1. The zero-order chi connectivity index (χ0) is 23.2. The Balaban J connectivity index is 1.53. The topological polar surface area (TPSA) is 71.3 Å². The van der Waals surface area contributed by atoms with Crippen molar-refractivity contribution in [1.29, 1.82) is 0 Å². The number of anilines is 2. The second kappa shape index (κ2) is 8.19. The first-order valence-corrected chi connectivity index (χ1v) is 11.6. The molecule has 2 heterocycles. The molecule has 0 bridgehead atoms. The predicted octanol–water partition coefficient (Wildman–Crippen LogP) is 6.43. The lowest BCUT2D eigenvalue weighted by Crippen LogP contribution is -2.29. The molecule has 1 aromatic heterocycles. The average Bonchev–Trinajstić information content (AvgIpc) is 3.01. The normalized spacial score (nSPS) is 19.6. The molecule has 6 rings (SSSR count). The summed E-state index contributed by atoms with van der Waals surface area (Å²) in [6, 6.07) is 21.9. The lowest BCUT2D eigenvalue weighted by atomic mass is 9.78. The van der Waals surface area contributed by atoms with Crippen LogP contribution in [0.15, 0.2) is 99.5 Å². The number of para-hydroxylation sites is 3. The van der Waals surface area contributed by atoms with Gasteiger partial charge in [0.05, 0.1) is 28.4 Å². The van der Waals surface area contributed by atoms with Crippen LogP contribution in [-0.2, 0) is 4.79 Å². The maximum Gasteiger partial charge on any atom is 0.198 e. The number of halogens is 1. The molecule has 6 heteroatoms. The van der Waals surface area contributed by atoms with Crippen LogP contribution in [0.5, 0.6) is 0 Å². The third kappa shape index (κ3) is 3.40. The van der Waals surface area contributed by atoms with Crippen molar-refractivity contribution in [3.63, 3.8) is 0 Å². The van der Waals surface area contributed by atoms with Gasteiger partial charge in [0.15, 0.2) is 11.2 Å². The Labute approximate surface area is 201 Å². The summed E-state index contributed by atoms with van der Waals surface area (Å²) < 4.78 is 5.82. The second-order valence-corrected chi connectivity index (χ2v) is 9.11. The van der Waals surface area contributed by atoms with E-state index in [1.807, 2.05) is 60.7 Å². The Morgan fingerprint density at radius 3 is 2.41 bits per heavy atom. The molecular weight excluding hydrogens is 448 g/mol. The number of allylic oxidation sites excluding steroid dienone is 1. The van der Waals surface area contributed by atoms with Crippen molar-refractivity contribution in [1.82, 2.24) is 0 Å². The molecule has 0 spiro atoms. The van der Waals surface area contributed by atoms with E-state index in [4.69, 9.17) is 16.0 Å². The van der Waals surface area contributed by atoms with Crippen LogP contribution in [0.3, 0.4) is 0 Å². The second-order valence-electron chi connectivity index (χ2n) is 8.71. The van der Waals surface area contributed by atoms with Gasteiger partial charge in [-0.1, -0.05) is 54.1 Å². The summed E-state index contributed by atoms with van der Waals surface area (Å²) in [5.41, 5.74) is 4.79. The van der Waals surface area contributed by atoms with Gasteiger partial charge < -0.3 is 15.1 Å². The third-order valence-corrected chi connectivity index (χ3v) is 7.02. The Bertz CT molecular complexity index is 1540. The number of rotatable bonds is 2. The van der Waals surface area contributed by atoms with Gasteiger partial charge in [-0.3, -0.25) is 9.59 Å². The first kappa shape index (κ1) is 20.8. The van der Waals surface area contributed by atoms with Crippen molar-refractivity contribution in [2.24, 2.45) is 0 Å². The molecule has 1 aliphatic heterocycles. The SMILES string of the molecule is O=C1C[C@H](c2ccccc2Cl)CC2=C1[C@H](c1coc3ccccc3c1=O)Nc1ccccc1N2. The van der Waals surface area contributed by atoms with Crippen molar-refractivity contribution in [3.8, 4) is 0 Å². The van der Waals surface area contributed by atoms with Crippen molar-refractivity contribution < 1.29 is 9.21 Å². The summed E-state index contributed by atoms with van der Waals surface area (Å²) in [5, 5.41) is 8.09. The van der Waals surface area contributed by atoms with Gasteiger partial charge in [0.2, 0.25) is 0 Å². The van der Waals surface area contributed by atoms with Crippen molar-refractivity contribution in [3.05, 3.63) is 117 Å². The lowest BCUT2D eigenvalue weighted by Gasteiger charge is -2.30. The highest BCUT2D eigenvalue weighted by Gasteiger charge is 2.37. The van der Waals surface area contributed by atoms with E-state index in [1.54, 1.807) is 12.1 Å². The number of carbonyl (C=O) groups excluding carboxylic acids is 1. The molecule has 0 radical (unpaired) electrons. The Hall–Kier alpha value is -3.83. The summed E-state index contributed by atoms with van der Waals surface area (Å²) in [7, 11) is 0. The number of hydrogen-bond donors (Lipinski definition) is 2. The monoisotopic (exact) mass is 468 g/mol. The smallest absolute Gasteiger partial charge is 0.198 e. The first-order valence-electron chi connectivity index (χ1n) is 11.2. The zero-order valence-corrected chi connectivity index (χ0v) is 18.9. The van der Waals surface area contributed by atoms with Crippen LogP contribution in [-0.4, -0.2) is 5.78 Å². The van der Waals surface area contributed by atoms with Crippen LogP contribution in [0.1, 0.15) is 35.9 Å². The molecule has 2 N–H and O–H groups in total. The standard InChI is InChI=1S/C28H21ClN2O3/c29-20-9-3-1-7-17(20)16-13-23-26(24(32)14-16)27(31-22-11-5-4-10-21(22)30-23)19-15-34-25-12-6-2-8-18(25)28(19)33/h1-12,15-16,27,30-31H,13-14H2/t16-,27+/m1/s1. The highest BCUT2D eigenvalue weighted by Crippen LogP contribution is 2.44. The van der Waals surface area contributed by atoms with Crippen molar-refractivity contribution >= 4 is 39.7 Å². The van der Waals surface area contributed by atoms with Gasteiger partial charge >= 0.3 is 0 Å². The van der Waals surface area contributed by atoms with Crippen LogP contribution in [0.2, 0.25) is 5.02 Å². The fourth-order valence-corrected chi connectivity index (χ4v) is 5.33. The molecule has 0 saturated carbocycles. The first-order chi connectivity index (χ1) is 16.6. The van der Waals surface area contributed by atoms with Crippen LogP contribution in [0, 0.1) is 0 Å². The zero-order valence-electron chi connectivity index (χ0n) is 18.2. The summed E-state index contributed by atoms with van der Waals surface area (Å²) in [4.78, 5) is 27.2. The summed E-state index contributed by atoms with van der Waals surface area (Å²) in [5.74, 6) is -0.0668. The van der Waals surface area contributed by atoms with E-state index in [2.05, 4.69) is 10.6 Å². The summed E-state index contributed by atoms with van der Waals surface area (Å²) in [6.07, 6.45) is 2.41. The molecule has 0 fully saturated rings. The molecule has 2 atom stereocenters. The molecule has 4 aromatic rings. The predicted molar refractivity (Wildman–Crippen MR) is 134 cm³/mol. The minimum atomic E-state index is -0.633. The molecule has 0 saturated heterocycles. The molecule has 5 nitrogen and oxygen atoms in total. The van der Waals surface area contributed by atoms with Gasteiger partial charge in [0, 0.05) is 22.7 Å². The van der Waals surface area contributed by atoms with E-state index in [0.29, 0.717) is 40.0 Å². The average molecular weight is 469 g/mol. The minimum absolute atomic E-state index is 0.0171. The molecule has 3 aromatic carbocycles. The Morgan fingerprint density at radius 1 is 0.824 bits per heavy atom. The quantitative estimate of drug-likeness (QED) is 0.355. The van der Waals surface area contributed by atoms with Crippen LogP contribution >= 0.6 is 11.6 Å². The van der Waals surface area contributed by atoms with Gasteiger partial charge in [0.25, 0.3) is 0 Å². The molecule has 0 unspecified atom stereocenters. The fourth-order valence-electron chi connectivity index (χ4n) is 5.04. The molecule has 168 valence electrons. The molecule has 34 heavy (non-hydrogen) atoms. The molecule has 0 amide bonds. The fraction of sp³-hybridized carbons (Fsp3) is 0.143. The van der Waals surface area contributed by atoms with E-state index in [-0.39, 0.29) is 17.1 Å². The van der Waals surface area contributed by atoms with Crippen molar-refractivity contribution in [2.75, 3.05) is 10.6 Å². The maximum absolute atomic E-state index is 13.7. The highest BCUT2D eigenvalue weighted by molar-refractivity contribution is 6.31. The van der Waals surface area contributed by atoms with Gasteiger partial charge in [0.1, 0.15) is 11.8 Å². The highest BCUT2D eigenvalue weighted by atomic mass is 35.5. The maximum atomic E-state index is 13.7. The number of hydrogen-bond acceptors (Lipinski definition) is 5. The summed E-state index contributed by atoms with van der Waals surface area (Å²) >= 11 is 6.48. The lowest BCUT2D eigenvalue weighted by molar-refractivity contribution is -0.116. The van der Waals surface area contributed by atoms with Gasteiger partial charge in [-0.25, -0.2) is 0 Å². The van der Waals surface area contributed by atoms with Crippen molar-refractivity contribution in [2.45, 2.75) is 24.8 Å². The van der Waals surface area contributed by atoms with Gasteiger partial charge in [-0.2, -0.15) is 0 Å². The van der Waals surface area contributed by atoms with E-state index in [9.17, 15) is 9.59 Å².